The summed E-state index contributed by atoms with van der Waals surface area (Å²) in [5, 5.41) is 0.233. The number of thioether (sulfide) groups is 1. The Morgan fingerprint density at radius 2 is 2.00 bits per heavy atom. The van der Waals surface area contributed by atoms with Crippen LogP contribution < -0.4 is 0 Å². The number of aryl methyl sites for hydroxylation is 2. The number of methoxy groups -OCH3 is 1. The van der Waals surface area contributed by atoms with Crippen LogP contribution in [0.25, 0.3) is 0 Å². The lowest BCUT2D eigenvalue weighted by atomic mass is 10.1. The molecule has 0 N–H and O–H groups in total. The van der Waals surface area contributed by atoms with Crippen molar-refractivity contribution in [1.82, 2.24) is 0 Å². The average Bonchev–Trinajstić information content (AvgIpc) is 2.84. The smallest absolute Gasteiger partial charge is 0.309 e. The van der Waals surface area contributed by atoms with E-state index in [0.717, 1.165) is 0 Å². The summed E-state index contributed by atoms with van der Waals surface area (Å²) >= 11 is 1.76. The monoisotopic (exact) mass is 264 g/mol. The van der Waals surface area contributed by atoms with E-state index in [1.807, 2.05) is 6.92 Å². The highest BCUT2D eigenvalue weighted by atomic mass is 32.2. The number of carbonyl (C=O) groups excluding carboxylic acids is 1. The fraction of sp³-hybridized carbons (Fsp3) is 0.533. The first-order valence-corrected chi connectivity index (χ1v) is 7.36. The third-order valence-electron chi connectivity index (χ3n) is 3.67. The highest BCUT2D eigenvalue weighted by molar-refractivity contribution is 8.00. The van der Waals surface area contributed by atoms with E-state index < -0.39 is 0 Å². The molecule has 2 rings (SSSR count). The van der Waals surface area contributed by atoms with Crippen molar-refractivity contribution in [3.63, 3.8) is 0 Å². The second-order valence-electron chi connectivity index (χ2n) is 4.92. The van der Waals surface area contributed by atoms with Crippen LogP contribution in [0.15, 0.2) is 23.1 Å². The number of carbonyl (C=O) groups is 1. The Labute approximate surface area is 113 Å². The first-order valence-electron chi connectivity index (χ1n) is 6.48. The summed E-state index contributed by atoms with van der Waals surface area (Å²) in [5.41, 5.74) is 2.98. The summed E-state index contributed by atoms with van der Waals surface area (Å²) in [7, 11) is 1.45. The summed E-state index contributed by atoms with van der Waals surface area (Å²) in [6.07, 6.45) is 3.69. The van der Waals surface area contributed by atoms with E-state index in [2.05, 4.69) is 25.1 Å². The van der Waals surface area contributed by atoms with Crippen molar-refractivity contribution in [2.75, 3.05) is 7.11 Å². The molecule has 1 aromatic rings. The van der Waals surface area contributed by atoms with Crippen LogP contribution in [-0.2, 0) is 22.4 Å². The van der Waals surface area contributed by atoms with Crippen molar-refractivity contribution < 1.29 is 9.53 Å². The average molecular weight is 264 g/mol. The number of rotatable bonds is 4. The number of esters is 1. The van der Waals surface area contributed by atoms with E-state index in [1.165, 1.54) is 42.4 Å². The number of benzene rings is 1. The molecule has 0 aromatic heterocycles. The molecule has 0 amide bonds. The van der Waals surface area contributed by atoms with Crippen molar-refractivity contribution in [2.45, 2.75) is 43.3 Å². The zero-order chi connectivity index (χ0) is 13.1. The molecule has 0 spiro atoms. The molecule has 2 unspecified atom stereocenters. The van der Waals surface area contributed by atoms with Gasteiger partial charge in [0.2, 0.25) is 0 Å². The van der Waals surface area contributed by atoms with Crippen molar-refractivity contribution in [3.05, 3.63) is 29.3 Å². The maximum Gasteiger partial charge on any atom is 0.309 e. The van der Waals surface area contributed by atoms with Crippen LogP contribution in [0, 0.1) is 5.92 Å². The maximum atomic E-state index is 11.5. The first kappa shape index (κ1) is 13.5. The van der Waals surface area contributed by atoms with Gasteiger partial charge in [0.1, 0.15) is 0 Å². The van der Waals surface area contributed by atoms with E-state index in [1.54, 1.807) is 11.8 Å². The van der Waals surface area contributed by atoms with Gasteiger partial charge in [0, 0.05) is 10.1 Å². The molecule has 3 heteroatoms. The molecule has 1 aromatic carbocycles. The Balaban J connectivity index is 2.03. The van der Waals surface area contributed by atoms with E-state index >= 15 is 0 Å². The van der Waals surface area contributed by atoms with Gasteiger partial charge in [-0.3, -0.25) is 4.79 Å². The van der Waals surface area contributed by atoms with Gasteiger partial charge in [-0.25, -0.2) is 0 Å². The molecule has 18 heavy (non-hydrogen) atoms. The maximum absolute atomic E-state index is 11.5. The Hall–Kier alpha value is -0.960. The van der Waals surface area contributed by atoms with Gasteiger partial charge in [0.25, 0.3) is 0 Å². The van der Waals surface area contributed by atoms with Crippen LogP contribution in [0.2, 0.25) is 0 Å². The second-order valence-corrected chi connectivity index (χ2v) is 6.37. The summed E-state index contributed by atoms with van der Waals surface area (Å²) in [6.45, 7) is 4.01. The number of ether oxygens (including phenoxy) is 1. The van der Waals surface area contributed by atoms with Gasteiger partial charge in [-0.2, -0.15) is 0 Å². The van der Waals surface area contributed by atoms with Crippen molar-refractivity contribution in [2.24, 2.45) is 5.92 Å². The predicted molar refractivity (Wildman–Crippen MR) is 75.0 cm³/mol. The molecule has 0 saturated heterocycles. The lowest BCUT2D eigenvalue weighted by Gasteiger charge is -2.17. The predicted octanol–water partition coefficient (Wildman–Crippen LogP) is 3.47. The Kier molecular flexibility index (Phi) is 4.33. The van der Waals surface area contributed by atoms with Crippen LogP contribution in [0.1, 0.15) is 31.4 Å². The van der Waals surface area contributed by atoms with Crippen LogP contribution >= 0.6 is 11.8 Å². The molecule has 0 radical (unpaired) electrons. The lowest BCUT2D eigenvalue weighted by Crippen LogP contribution is -2.21. The minimum absolute atomic E-state index is 0.0757. The number of fused-ring (bicyclic) bond motifs is 1. The van der Waals surface area contributed by atoms with Gasteiger partial charge in [0.05, 0.1) is 13.0 Å². The summed E-state index contributed by atoms with van der Waals surface area (Å²) in [4.78, 5) is 12.8. The highest BCUT2D eigenvalue weighted by Crippen LogP contribution is 2.32. The van der Waals surface area contributed by atoms with Gasteiger partial charge < -0.3 is 4.74 Å². The molecule has 98 valence electrons. The fourth-order valence-electron chi connectivity index (χ4n) is 2.32. The van der Waals surface area contributed by atoms with Gasteiger partial charge >= 0.3 is 5.97 Å². The van der Waals surface area contributed by atoms with Gasteiger partial charge in [-0.15, -0.1) is 11.8 Å². The van der Waals surface area contributed by atoms with E-state index in [4.69, 9.17) is 4.74 Å². The molecule has 0 saturated carbocycles. The molecular formula is C15H20O2S. The van der Waals surface area contributed by atoms with Crippen LogP contribution in [-0.4, -0.2) is 18.3 Å². The Bertz CT molecular complexity index is 442. The second kappa shape index (κ2) is 5.79. The Morgan fingerprint density at radius 3 is 2.72 bits per heavy atom. The third-order valence-corrected chi connectivity index (χ3v) is 4.98. The summed E-state index contributed by atoms with van der Waals surface area (Å²) in [6, 6.07) is 6.70. The zero-order valence-corrected chi connectivity index (χ0v) is 12.0. The molecule has 1 aliphatic rings. The highest BCUT2D eigenvalue weighted by Gasteiger charge is 2.22. The summed E-state index contributed by atoms with van der Waals surface area (Å²) < 4.78 is 4.79. The summed E-state index contributed by atoms with van der Waals surface area (Å²) in [5.74, 6) is -0.204. The van der Waals surface area contributed by atoms with Crippen LogP contribution in [0.4, 0.5) is 0 Å². The molecule has 1 aliphatic carbocycles. The largest absolute Gasteiger partial charge is 0.469 e. The van der Waals surface area contributed by atoms with Crippen molar-refractivity contribution in [3.8, 4) is 0 Å². The number of hydrogen-bond acceptors (Lipinski definition) is 3. The molecule has 0 fully saturated rings. The van der Waals surface area contributed by atoms with Crippen LogP contribution in [0.5, 0.6) is 0 Å². The first-order chi connectivity index (χ1) is 8.61. The minimum atomic E-state index is -0.129. The quantitative estimate of drug-likeness (QED) is 0.615. The van der Waals surface area contributed by atoms with Gasteiger partial charge in [0.15, 0.2) is 0 Å². The topological polar surface area (TPSA) is 26.3 Å². The molecular weight excluding hydrogens is 244 g/mol. The van der Waals surface area contributed by atoms with E-state index in [9.17, 15) is 4.79 Å². The number of hydrogen-bond donors (Lipinski definition) is 0. The SMILES string of the molecule is COC(=O)C(C)C(C)Sc1ccc2c(c1)CCC2. The molecule has 0 bridgehead atoms. The van der Waals surface area contributed by atoms with Crippen molar-refractivity contribution >= 4 is 17.7 Å². The lowest BCUT2D eigenvalue weighted by molar-refractivity contribution is -0.144. The fourth-order valence-corrected chi connectivity index (χ4v) is 3.42. The minimum Gasteiger partial charge on any atom is -0.469 e. The van der Waals surface area contributed by atoms with Gasteiger partial charge in [-0.1, -0.05) is 19.9 Å². The molecule has 0 heterocycles. The normalized spacial score (nSPS) is 17.1. The van der Waals surface area contributed by atoms with Crippen molar-refractivity contribution in [1.29, 1.82) is 0 Å². The third kappa shape index (κ3) is 2.89. The van der Waals surface area contributed by atoms with Crippen LogP contribution in [0.3, 0.4) is 0 Å². The molecule has 0 aliphatic heterocycles. The van der Waals surface area contributed by atoms with Gasteiger partial charge in [-0.05, 0) is 42.5 Å². The van der Waals surface area contributed by atoms with E-state index in [0.29, 0.717) is 0 Å². The standard InChI is InChI=1S/C15H20O2S/c1-10(15(16)17-3)11(2)18-14-8-7-12-5-4-6-13(12)9-14/h7-11H,4-6H2,1-3H3. The Morgan fingerprint density at radius 1 is 1.28 bits per heavy atom. The molecule has 2 atom stereocenters. The zero-order valence-electron chi connectivity index (χ0n) is 11.2. The van der Waals surface area contributed by atoms with E-state index in [-0.39, 0.29) is 17.1 Å². The molecule has 2 nitrogen and oxygen atoms in total.